The second-order valence-corrected chi connectivity index (χ2v) is 11.5. The van der Waals surface area contributed by atoms with Gasteiger partial charge in [-0.1, -0.05) is 41.5 Å². The Balaban J connectivity index is 1.78. The maximum atomic E-state index is 13.2. The first kappa shape index (κ1) is 18.2. The Morgan fingerprint density at radius 3 is 2.04 bits per heavy atom. The second kappa shape index (κ2) is 5.46. The molecule has 4 rings (SSSR count). The minimum absolute atomic E-state index is 0.0389. The van der Waals surface area contributed by atoms with Gasteiger partial charge in [0.15, 0.2) is 0 Å². The molecule has 4 bridgehead atoms. The molecule has 0 heterocycles. The van der Waals surface area contributed by atoms with Gasteiger partial charge in [0, 0.05) is 6.42 Å². The molecule has 4 aliphatic rings. The lowest BCUT2D eigenvalue weighted by Crippen LogP contribution is -2.61. The van der Waals surface area contributed by atoms with Crippen LogP contribution in [0.3, 0.4) is 0 Å². The summed E-state index contributed by atoms with van der Waals surface area (Å²) in [5, 5.41) is 10.9. The summed E-state index contributed by atoms with van der Waals surface area (Å²) < 4.78 is 6.25. The molecule has 1 N–H and O–H groups in total. The van der Waals surface area contributed by atoms with E-state index in [2.05, 4.69) is 41.5 Å². The Kier molecular flexibility index (Phi) is 4.15. The molecule has 3 atom stereocenters. The van der Waals surface area contributed by atoms with Crippen molar-refractivity contribution < 1.29 is 14.6 Å². The van der Waals surface area contributed by atoms with Crippen molar-refractivity contribution in [3.63, 3.8) is 0 Å². The maximum Gasteiger partial charge on any atom is 0.310 e. The zero-order valence-corrected chi connectivity index (χ0v) is 16.4. The van der Waals surface area contributed by atoms with E-state index in [1.807, 2.05) is 0 Å². The topological polar surface area (TPSA) is 46.5 Å². The zero-order valence-electron chi connectivity index (χ0n) is 16.4. The standard InChI is InChI=1S/C21H36O3/c1-18(2,3)12-16(19(4,5)6)17(22)24-21-10-14-7-15(11-21)9-20(23,8-14)13-21/h14-16,23H,7-13H2,1-6H3. The van der Waals surface area contributed by atoms with Gasteiger partial charge in [0.05, 0.1) is 11.5 Å². The van der Waals surface area contributed by atoms with E-state index in [4.69, 9.17) is 4.74 Å². The third kappa shape index (κ3) is 3.66. The van der Waals surface area contributed by atoms with Crippen molar-refractivity contribution in [3.05, 3.63) is 0 Å². The van der Waals surface area contributed by atoms with Crippen LogP contribution in [0.2, 0.25) is 0 Å². The first-order valence-electron chi connectivity index (χ1n) is 9.75. The van der Waals surface area contributed by atoms with Gasteiger partial charge in [-0.25, -0.2) is 0 Å². The van der Waals surface area contributed by atoms with E-state index in [-0.39, 0.29) is 22.7 Å². The van der Waals surface area contributed by atoms with E-state index in [1.165, 1.54) is 6.42 Å². The average Bonchev–Trinajstić information content (AvgIpc) is 2.29. The normalized spacial score (nSPS) is 39.8. The van der Waals surface area contributed by atoms with Gasteiger partial charge in [-0.2, -0.15) is 0 Å². The quantitative estimate of drug-likeness (QED) is 0.759. The van der Waals surface area contributed by atoms with Crippen LogP contribution in [0, 0.1) is 28.6 Å². The highest BCUT2D eigenvalue weighted by atomic mass is 16.6. The van der Waals surface area contributed by atoms with Crippen LogP contribution in [-0.2, 0) is 9.53 Å². The van der Waals surface area contributed by atoms with Gasteiger partial charge in [-0.15, -0.1) is 0 Å². The fourth-order valence-corrected chi connectivity index (χ4v) is 5.89. The molecular formula is C21H36O3. The highest BCUT2D eigenvalue weighted by molar-refractivity contribution is 5.74. The number of rotatable bonds is 3. The molecule has 0 spiro atoms. The molecule has 0 aliphatic heterocycles. The van der Waals surface area contributed by atoms with Crippen LogP contribution in [0.1, 0.15) is 86.5 Å². The predicted octanol–water partition coefficient (Wildman–Crippen LogP) is 4.71. The molecule has 24 heavy (non-hydrogen) atoms. The van der Waals surface area contributed by atoms with Crippen molar-refractivity contribution in [2.45, 2.75) is 97.7 Å². The van der Waals surface area contributed by atoms with E-state index in [0.717, 1.165) is 32.1 Å². The van der Waals surface area contributed by atoms with Crippen LogP contribution in [0.15, 0.2) is 0 Å². The molecule has 0 radical (unpaired) electrons. The van der Waals surface area contributed by atoms with Crippen LogP contribution in [0.5, 0.6) is 0 Å². The zero-order chi connectivity index (χ0) is 18.0. The molecule has 0 aromatic carbocycles. The van der Waals surface area contributed by atoms with Crippen LogP contribution < -0.4 is 0 Å². The molecule has 138 valence electrons. The molecule has 4 aliphatic carbocycles. The molecule has 0 saturated heterocycles. The summed E-state index contributed by atoms with van der Waals surface area (Å²) in [6.07, 6.45) is 6.45. The number of ether oxygens (including phenoxy) is 1. The number of hydrogen-bond acceptors (Lipinski definition) is 3. The Bertz CT molecular complexity index is 494. The number of aliphatic hydroxyl groups is 1. The van der Waals surface area contributed by atoms with Crippen LogP contribution >= 0.6 is 0 Å². The van der Waals surface area contributed by atoms with Gasteiger partial charge < -0.3 is 9.84 Å². The third-order valence-corrected chi connectivity index (χ3v) is 6.44. The summed E-state index contributed by atoms with van der Waals surface area (Å²) in [4.78, 5) is 13.2. The molecule has 3 unspecified atom stereocenters. The van der Waals surface area contributed by atoms with Gasteiger partial charge in [0.25, 0.3) is 0 Å². The third-order valence-electron chi connectivity index (χ3n) is 6.44. The van der Waals surface area contributed by atoms with E-state index < -0.39 is 11.2 Å². The summed E-state index contributed by atoms with van der Waals surface area (Å²) >= 11 is 0. The van der Waals surface area contributed by atoms with Crippen LogP contribution in [0.4, 0.5) is 0 Å². The highest BCUT2D eigenvalue weighted by Gasteiger charge is 2.59. The minimum Gasteiger partial charge on any atom is -0.459 e. The summed E-state index contributed by atoms with van der Waals surface area (Å²) in [5.41, 5.74) is -0.983. The van der Waals surface area contributed by atoms with E-state index in [9.17, 15) is 9.90 Å². The molecule has 3 nitrogen and oxygen atoms in total. The lowest BCUT2D eigenvalue weighted by molar-refractivity contribution is -0.224. The largest absolute Gasteiger partial charge is 0.459 e. The minimum atomic E-state index is -0.578. The molecular weight excluding hydrogens is 300 g/mol. The number of esters is 1. The van der Waals surface area contributed by atoms with Gasteiger partial charge >= 0.3 is 5.97 Å². The van der Waals surface area contributed by atoms with Gasteiger partial charge in [-0.05, 0) is 61.2 Å². The van der Waals surface area contributed by atoms with Crippen molar-refractivity contribution in [2.24, 2.45) is 28.6 Å². The predicted molar refractivity (Wildman–Crippen MR) is 95.5 cm³/mol. The molecule has 4 fully saturated rings. The Hall–Kier alpha value is -0.570. The van der Waals surface area contributed by atoms with Gasteiger partial charge in [-0.3, -0.25) is 4.79 Å². The van der Waals surface area contributed by atoms with E-state index in [1.54, 1.807) is 0 Å². The fourth-order valence-electron chi connectivity index (χ4n) is 5.89. The number of carbonyl (C=O) groups excluding carboxylic acids is 1. The van der Waals surface area contributed by atoms with Crippen molar-refractivity contribution in [2.75, 3.05) is 0 Å². The molecule has 0 amide bonds. The summed E-state index contributed by atoms with van der Waals surface area (Å²) in [7, 11) is 0. The van der Waals surface area contributed by atoms with E-state index >= 15 is 0 Å². The van der Waals surface area contributed by atoms with Crippen LogP contribution in [-0.4, -0.2) is 22.3 Å². The molecule has 4 saturated carbocycles. The molecule has 0 aromatic heterocycles. The fraction of sp³-hybridized carbons (Fsp3) is 0.952. The molecule has 0 aromatic rings. The first-order chi connectivity index (χ1) is 10.8. The monoisotopic (exact) mass is 336 g/mol. The van der Waals surface area contributed by atoms with Crippen LogP contribution in [0.25, 0.3) is 0 Å². The second-order valence-electron chi connectivity index (χ2n) is 11.5. The smallest absolute Gasteiger partial charge is 0.310 e. The van der Waals surface area contributed by atoms with E-state index in [0.29, 0.717) is 18.3 Å². The van der Waals surface area contributed by atoms with Crippen molar-refractivity contribution in [1.82, 2.24) is 0 Å². The Labute approximate surface area is 147 Å². The summed E-state index contributed by atoms with van der Waals surface area (Å²) in [6, 6.07) is 0. The Morgan fingerprint density at radius 2 is 1.62 bits per heavy atom. The van der Waals surface area contributed by atoms with Gasteiger partial charge in [0.2, 0.25) is 0 Å². The van der Waals surface area contributed by atoms with Crippen molar-refractivity contribution >= 4 is 5.97 Å². The molecule has 3 heteroatoms. The van der Waals surface area contributed by atoms with Gasteiger partial charge in [0.1, 0.15) is 5.60 Å². The summed E-state index contributed by atoms with van der Waals surface area (Å²) in [5.74, 6) is 0.947. The number of carbonyl (C=O) groups is 1. The average molecular weight is 337 g/mol. The lowest BCUT2D eigenvalue weighted by Gasteiger charge is -2.59. The van der Waals surface area contributed by atoms with Crippen molar-refractivity contribution in [3.8, 4) is 0 Å². The SMILES string of the molecule is CC(C)(C)CC(C(=O)OC12CC3CC(CC(O)(C3)C1)C2)C(C)(C)C. The summed E-state index contributed by atoms with van der Waals surface area (Å²) in [6.45, 7) is 13.0. The Morgan fingerprint density at radius 1 is 1.08 bits per heavy atom. The maximum absolute atomic E-state index is 13.2. The highest BCUT2D eigenvalue weighted by Crippen LogP contribution is 2.59. The lowest BCUT2D eigenvalue weighted by atomic mass is 9.52. The number of hydrogen-bond donors (Lipinski definition) is 1. The van der Waals surface area contributed by atoms with Crippen molar-refractivity contribution in [1.29, 1.82) is 0 Å². The first-order valence-corrected chi connectivity index (χ1v) is 9.75.